The van der Waals surface area contributed by atoms with Gasteiger partial charge in [0, 0.05) is 5.03 Å². The average Bonchev–Trinajstić information content (AvgIpc) is 1.54. The van der Waals surface area contributed by atoms with Gasteiger partial charge in [0.2, 0.25) is 0 Å². The molecule has 50 valence electrons. The maximum atomic E-state index is 7.45. The third-order valence-electron chi connectivity index (χ3n) is 0.927. The van der Waals surface area contributed by atoms with Crippen LogP contribution in [0, 0.1) is 0 Å². The summed E-state index contributed by atoms with van der Waals surface area (Å²) in [7, 11) is 0. The number of hydrogen-bond acceptors (Lipinski definition) is 0. The molecule has 1 aliphatic rings. The van der Waals surface area contributed by atoms with E-state index in [1.54, 1.807) is 0 Å². The summed E-state index contributed by atoms with van der Waals surface area (Å²) in [5.41, 5.74) is 0. The zero-order valence-electron chi connectivity index (χ0n) is 5.50. The molecule has 1 rings (SSSR count). The zero-order valence-corrected chi connectivity index (χ0v) is 8.17. The van der Waals surface area contributed by atoms with Crippen LogP contribution in [-0.4, -0.2) is 5.35 Å². The van der Waals surface area contributed by atoms with Crippen LogP contribution in [0.15, 0.2) is 20.8 Å². The van der Waals surface area contributed by atoms with Crippen LogP contribution in [0.3, 0.4) is 0 Å². The fourth-order valence-electron chi connectivity index (χ4n) is 0.604. The third-order valence-corrected chi connectivity index (χ3v) is 2.08. The van der Waals surface area contributed by atoms with E-state index in [2.05, 4.69) is 22.6 Å². The van der Waals surface area contributed by atoms with Crippen molar-refractivity contribution in [2.24, 2.45) is 0 Å². The molecule has 0 aliphatic heterocycles. The van der Waals surface area contributed by atoms with Gasteiger partial charge in [-0.1, -0.05) is 11.6 Å². The Bertz CT molecular complexity index is 208. The SMILES string of the molecule is [2H]C1(Cl)C=C(Cl)C=C(I)C1. The van der Waals surface area contributed by atoms with Crippen LogP contribution in [0.1, 0.15) is 7.79 Å². The Morgan fingerprint density at radius 2 is 2.56 bits per heavy atom. The van der Waals surface area contributed by atoms with E-state index in [-0.39, 0.29) is 0 Å². The van der Waals surface area contributed by atoms with Crippen molar-refractivity contribution in [2.45, 2.75) is 11.8 Å². The van der Waals surface area contributed by atoms with E-state index in [9.17, 15) is 0 Å². The Morgan fingerprint density at radius 3 is 3.00 bits per heavy atom. The van der Waals surface area contributed by atoms with Gasteiger partial charge in [-0.05, 0) is 44.7 Å². The molecule has 0 saturated heterocycles. The second-order valence-electron chi connectivity index (χ2n) is 1.74. The Labute approximate surface area is 79.5 Å². The van der Waals surface area contributed by atoms with Crippen LogP contribution < -0.4 is 0 Å². The molecule has 3 heteroatoms. The first kappa shape index (κ1) is 6.50. The molecule has 0 spiro atoms. The normalized spacial score (nSPS) is 37.0. The van der Waals surface area contributed by atoms with Gasteiger partial charge in [0.15, 0.2) is 0 Å². The van der Waals surface area contributed by atoms with Crippen LogP contribution in [0.2, 0.25) is 0 Å². The van der Waals surface area contributed by atoms with Crippen molar-refractivity contribution in [1.29, 1.82) is 0 Å². The van der Waals surface area contributed by atoms with Gasteiger partial charge in [-0.2, -0.15) is 0 Å². The highest BCUT2D eigenvalue weighted by atomic mass is 127. The first-order valence-corrected chi connectivity index (χ1v) is 4.26. The summed E-state index contributed by atoms with van der Waals surface area (Å²) in [6.07, 6.45) is 3.90. The first-order valence-electron chi connectivity index (χ1n) is 2.93. The summed E-state index contributed by atoms with van der Waals surface area (Å²) in [6.45, 7) is 0. The molecular formula is C6H5Cl2I. The van der Waals surface area contributed by atoms with Crippen molar-refractivity contribution in [1.82, 2.24) is 0 Å². The molecule has 0 heterocycles. The van der Waals surface area contributed by atoms with E-state index in [1.807, 2.05) is 6.08 Å². The van der Waals surface area contributed by atoms with Crippen LogP contribution in [0.5, 0.6) is 0 Å². The Morgan fingerprint density at radius 1 is 1.89 bits per heavy atom. The highest BCUT2D eigenvalue weighted by Crippen LogP contribution is 2.27. The third kappa shape index (κ3) is 2.48. The fourth-order valence-corrected chi connectivity index (χ4v) is 2.34. The average molecular weight is 276 g/mol. The van der Waals surface area contributed by atoms with E-state index in [0.717, 1.165) is 3.58 Å². The highest BCUT2D eigenvalue weighted by Gasteiger charge is 2.08. The minimum absolute atomic E-state index is 0.547. The lowest BCUT2D eigenvalue weighted by atomic mass is 10.2. The van der Waals surface area contributed by atoms with Gasteiger partial charge in [-0.25, -0.2) is 0 Å². The number of allylic oxidation sites excluding steroid dienone is 4. The molecule has 0 bridgehead atoms. The first-order chi connectivity index (χ1) is 4.49. The minimum Gasteiger partial charge on any atom is -0.118 e. The Kier molecular flexibility index (Phi) is 2.35. The van der Waals surface area contributed by atoms with E-state index in [1.165, 1.54) is 6.08 Å². The lowest BCUT2D eigenvalue weighted by molar-refractivity contribution is 1.03. The predicted octanol–water partition coefficient (Wildman–Crippen LogP) is 3.44. The quantitative estimate of drug-likeness (QED) is 0.469. The molecular weight excluding hydrogens is 270 g/mol. The van der Waals surface area contributed by atoms with Crippen LogP contribution in [-0.2, 0) is 0 Å². The van der Waals surface area contributed by atoms with Gasteiger partial charge < -0.3 is 0 Å². The molecule has 0 fully saturated rings. The van der Waals surface area contributed by atoms with Crippen molar-refractivity contribution in [3.63, 3.8) is 0 Å². The van der Waals surface area contributed by atoms with Crippen molar-refractivity contribution < 1.29 is 1.37 Å². The molecule has 9 heavy (non-hydrogen) atoms. The van der Waals surface area contributed by atoms with Crippen LogP contribution in [0.25, 0.3) is 0 Å². The van der Waals surface area contributed by atoms with Gasteiger partial charge in [0.1, 0.15) is 0 Å². The summed E-state index contributed by atoms with van der Waals surface area (Å²) >= 11 is 13.5. The van der Waals surface area contributed by atoms with E-state index >= 15 is 0 Å². The molecule has 1 atom stereocenters. The molecule has 0 aromatic heterocycles. The summed E-state index contributed by atoms with van der Waals surface area (Å²) in [5.74, 6) is 0. The maximum absolute atomic E-state index is 7.45. The lowest BCUT2D eigenvalue weighted by Crippen LogP contribution is -1.97. The second kappa shape index (κ2) is 3.26. The van der Waals surface area contributed by atoms with Gasteiger partial charge in [0.25, 0.3) is 0 Å². The van der Waals surface area contributed by atoms with Gasteiger partial charge in [-0.15, -0.1) is 11.6 Å². The summed E-state index contributed by atoms with van der Waals surface area (Å²) in [5, 5.41) is -0.469. The molecule has 0 saturated carbocycles. The highest BCUT2D eigenvalue weighted by molar-refractivity contribution is 14.1. The van der Waals surface area contributed by atoms with Crippen LogP contribution in [0.4, 0.5) is 0 Å². The monoisotopic (exact) mass is 275 g/mol. The largest absolute Gasteiger partial charge is 0.118 e. The molecule has 0 N–H and O–H groups in total. The molecule has 1 unspecified atom stereocenters. The van der Waals surface area contributed by atoms with Gasteiger partial charge in [-0.3, -0.25) is 0 Å². The van der Waals surface area contributed by atoms with Crippen molar-refractivity contribution in [3.8, 4) is 0 Å². The molecule has 0 radical (unpaired) electrons. The Hall–Kier alpha value is 0.790. The summed E-state index contributed by atoms with van der Waals surface area (Å²) in [6, 6.07) is 0. The minimum atomic E-state index is -1.03. The summed E-state index contributed by atoms with van der Waals surface area (Å²) in [4.78, 5) is 0. The molecule has 0 amide bonds. The number of hydrogen-bond donors (Lipinski definition) is 0. The molecule has 0 nitrogen and oxygen atoms in total. The van der Waals surface area contributed by atoms with E-state index in [4.69, 9.17) is 24.6 Å². The topological polar surface area (TPSA) is 0 Å². The smallest absolute Gasteiger partial charge is 0.0578 e. The lowest BCUT2D eigenvalue weighted by Gasteiger charge is -2.08. The van der Waals surface area contributed by atoms with E-state index < -0.39 is 5.35 Å². The molecule has 0 aromatic rings. The number of alkyl halides is 1. The standard InChI is InChI=1S/C6H5Cl2I/c7-4-1-5(8)3-6(9)2-4/h1-2,5H,3H2/i5D. The van der Waals surface area contributed by atoms with Gasteiger partial charge in [0.05, 0.1) is 6.72 Å². The van der Waals surface area contributed by atoms with Gasteiger partial charge >= 0.3 is 0 Å². The molecule has 1 aliphatic carbocycles. The molecule has 0 aromatic carbocycles. The number of rotatable bonds is 0. The fraction of sp³-hybridized carbons (Fsp3) is 0.333. The second-order valence-corrected chi connectivity index (χ2v) is 4.05. The van der Waals surface area contributed by atoms with Crippen LogP contribution >= 0.6 is 45.8 Å². The van der Waals surface area contributed by atoms with E-state index in [0.29, 0.717) is 11.5 Å². The maximum Gasteiger partial charge on any atom is 0.0578 e. The predicted molar refractivity (Wildman–Crippen MR) is 50.3 cm³/mol. The van der Waals surface area contributed by atoms with Crippen molar-refractivity contribution >= 4 is 45.8 Å². The Balaban J connectivity index is 2.88. The zero-order chi connectivity index (χ0) is 7.78. The van der Waals surface area contributed by atoms with Crippen molar-refractivity contribution in [3.05, 3.63) is 20.8 Å². The van der Waals surface area contributed by atoms with Crippen molar-refractivity contribution in [2.75, 3.05) is 0 Å². The number of halogens is 3. The summed E-state index contributed by atoms with van der Waals surface area (Å²) < 4.78 is 8.47.